The van der Waals surface area contributed by atoms with Crippen LogP contribution in [0.4, 0.5) is 0 Å². The first-order chi connectivity index (χ1) is 26.1. The van der Waals surface area contributed by atoms with Crippen molar-refractivity contribution >= 4 is 40.5 Å². The second kappa shape index (κ2) is 18.0. The van der Waals surface area contributed by atoms with E-state index < -0.39 is 51.6 Å². The minimum atomic E-state index is -1.89. The van der Waals surface area contributed by atoms with Gasteiger partial charge in [-0.15, -0.1) is 0 Å². The van der Waals surface area contributed by atoms with Crippen LogP contribution < -0.4 is 4.74 Å². The van der Waals surface area contributed by atoms with Gasteiger partial charge in [0.15, 0.2) is 22.0 Å². The van der Waals surface area contributed by atoms with Crippen molar-refractivity contribution in [1.29, 1.82) is 0 Å². The van der Waals surface area contributed by atoms with E-state index in [1.165, 1.54) is 18.1 Å². The van der Waals surface area contributed by atoms with Crippen molar-refractivity contribution in [1.82, 2.24) is 0 Å². The number of carbonyl (C=O) groups excluding carboxylic acids is 4. The minimum Gasteiger partial charge on any atom is -0.508 e. The first kappa shape index (κ1) is 45.2. The first-order valence-corrected chi connectivity index (χ1v) is 26.7. The molecule has 2 aliphatic carbocycles. The molecule has 0 aromatic heterocycles. The Balaban J connectivity index is 0.000000229. The highest BCUT2D eigenvalue weighted by Crippen LogP contribution is 2.63. The minimum absolute atomic E-state index is 0.0445. The van der Waals surface area contributed by atoms with Crippen molar-refractivity contribution in [2.75, 3.05) is 0 Å². The number of rotatable bonds is 10. The van der Waals surface area contributed by atoms with Crippen LogP contribution in [0.2, 0.25) is 38.3 Å². The lowest BCUT2D eigenvalue weighted by molar-refractivity contribution is -0.170. The second-order valence-electron chi connectivity index (χ2n) is 18.2. The van der Waals surface area contributed by atoms with Crippen LogP contribution in [-0.4, -0.2) is 63.9 Å². The van der Waals surface area contributed by atoms with Crippen molar-refractivity contribution in [3.63, 3.8) is 0 Å². The number of benzene rings is 2. The molecule has 2 saturated heterocycles. The molecule has 2 aromatic rings. The predicted octanol–water partition coefficient (Wildman–Crippen LogP) is 9.67. The van der Waals surface area contributed by atoms with Crippen molar-refractivity contribution in [3.8, 4) is 11.5 Å². The van der Waals surface area contributed by atoms with Crippen LogP contribution >= 0.6 is 0 Å². The third-order valence-corrected chi connectivity index (χ3v) is 19.6. The summed E-state index contributed by atoms with van der Waals surface area (Å²) in [6, 6.07) is 16.6. The molecule has 4 aliphatic rings. The van der Waals surface area contributed by atoms with E-state index in [0.29, 0.717) is 42.6 Å². The summed E-state index contributed by atoms with van der Waals surface area (Å²) >= 11 is 0. The Kier molecular flexibility index (Phi) is 14.5. The fraction of sp³-hybridized carbons (Fsp3) is 0.636. The van der Waals surface area contributed by atoms with Gasteiger partial charge in [0.25, 0.3) is 0 Å². The average molecular weight is 811 g/mol. The van der Waals surface area contributed by atoms with E-state index in [9.17, 15) is 19.2 Å². The first-order valence-electron chi connectivity index (χ1n) is 20.5. The van der Waals surface area contributed by atoms with Gasteiger partial charge in [-0.25, -0.2) is 0 Å². The highest BCUT2D eigenvalue weighted by atomic mass is 28.4. The molecule has 310 valence electrons. The normalized spacial score (nSPS) is 26.7. The van der Waals surface area contributed by atoms with Crippen LogP contribution in [0.25, 0.3) is 0 Å². The SMILES string of the molecule is CCC(C)(C)C(=O)OC1C2CC3C1OC(=O)C3(C(=O)OC1C[Si](C)(C)O[Si](C)(C)C1)C2.CCC(C)c1ccc(O)cc1.CCC(C)c1ccc(OC(C)=O)cc1. The van der Waals surface area contributed by atoms with E-state index in [0.717, 1.165) is 24.9 Å². The van der Waals surface area contributed by atoms with Gasteiger partial charge in [0.2, 0.25) is 0 Å². The molecule has 0 spiro atoms. The van der Waals surface area contributed by atoms with Gasteiger partial charge in [-0.3, -0.25) is 19.2 Å². The van der Waals surface area contributed by atoms with Gasteiger partial charge in [-0.1, -0.05) is 58.9 Å². The molecule has 7 unspecified atom stereocenters. The lowest BCUT2D eigenvalue weighted by Gasteiger charge is -2.43. The molecule has 2 aromatic carbocycles. The Morgan fingerprint density at radius 3 is 1.88 bits per heavy atom. The molecule has 2 aliphatic heterocycles. The molecule has 6 rings (SSSR count). The molecule has 2 bridgehead atoms. The molecule has 0 radical (unpaired) electrons. The number of hydrogen-bond acceptors (Lipinski definition) is 10. The lowest BCUT2D eigenvalue weighted by Crippen LogP contribution is -2.55. The van der Waals surface area contributed by atoms with Crippen LogP contribution in [0.15, 0.2) is 48.5 Å². The standard InChI is InChI=1S/C22H36O7Si2.C12H16O2.C10H14O/c1-8-21(2,3)18(23)27-16-13-9-15-17(16)28-20(25)22(15,10-13)19(24)26-14-11-30(4,5)29-31(6,7)12-14;1-4-9(2)11-5-7-12(8-6-11)14-10(3)13;1-3-8(2)9-4-6-10(11)7-5-9/h13-17H,8-12H2,1-7H3;5-9H,4H2,1-3H3;4-8,11H,3H2,1-2H3. The number of phenols is 1. The molecule has 10 nitrogen and oxygen atoms in total. The Labute approximate surface area is 336 Å². The van der Waals surface area contributed by atoms with E-state index in [-0.39, 0.29) is 29.9 Å². The Morgan fingerprint density at radius 2 is 1.39 bits per heavy atom. The van der Waals surface area contributed by atoms with Crippen molar-refractivity contribution in [2.24, 2.45) is 22.7 Å². The van der Waals surface area contributed by atoms with Crippen LogP contribution in [-0.2, 0) is 37.5 Å². The zero-order valence-corrected chi connectivity index (χ0v) is 37.7. The molecule has 2 heterocycles. The molecule has 2 saturated carbocycles. The number of fused-ring (bicyclic) bond motifs is 1. The Hall–Kier alpha value is -3.49. The quantitative estimate of drug-likeness (QED) is 0.0813. The average Bonchev–Trinajstić information content (AvgIpc) is 3.73. The number of phenolic OH excluding ortho intramolecular Hbond substituents is 1. The van der Waals surface area contributed by atoms with Gasteiger partial charge in [-0.2, -0.15) is 0 Å². The van der Waals surface area contributed by atoms with Crippen LogP contribution in [0, 0.1) is 22.7 Å². The van der Waals surface area contributed by atoms with Gasteiger partial charge in [-0.05, 0) is 119 Å². The van der Waals surface area contributed by atoms with E-state index in [4.69, 9.17) is 28.2 Å². The third kappa shape index (κ3) is 10.5. The van der Waals surface area contributed by atoms with Gasteiger partial charge in [0.1, 0.15) is 29.8 Å². The van der Waals surface area contributed by atoms with Crippen molar-refractivity contribution in [2.45, 2.75) is 156 Å². The largest absolute Gasteiger partial charge is 0.508 e. The zero-order chi connectivity index (χ0) is 41.8. The van der Waals surface area contributed by atoms with Crippen molar-refractivity contribution < 1.29 is 47.3 Å². The highest BCUT2D eigenvalue weighted by molar-refractivity contribution is 6.86. The summed E-state index contributed by atoms with van der Waals surface area (Å²) in [5.41, 5.74) is 0.763. The number of esters is 4. The molecule has 4 fully saturated rings. The van der Waals surface area contributed by atoms with Crippen LogP contribution in [0.1, 0.15) is 110 Å². The Bertz CT molecular complexity index is 1670. The maximum atomic E-state index is 13.4. The number of aromatic hydroxyl groups is 1. The van der Waals surface area contributed by atoms with Crippen molar-refractivity contribution in [3.05, 3.63) is 59.7 Å². The maximum absolute atomic E-state index is 13.4. The van der Waals surface area contributed by atoms with E-state index in [1.54, 1.807) is 12.1 Å². The van der Waals surface area contributed by atoms with E-state index >= 15 is 0 Å². The Morgan fingerprint density at radius 1 is 0.875 bits per heavy atom. The van der Waals surface area contributed by atoms with Gasteiger partial charge >= 0.3 is 23.9 Å². The summed E-state index contributed by atoms with van der Waals surface area (Å²) in [6.07, 6.45) is 2.74. The highest BCUT2D eigenvalue weighted by Gasteiger charge is 2.75. The fourth-order valence-corrected chi connectivity index (χ4v) is 18.1. The molecular formula is C44H66O10Si2. The number of ether oxygens (including phenoxy) is 4. The molecule has 0 amide bonds. The monoisotopic (exact) mass is 810 g/mol. The molecule has 7 atom stereocenters. The number of hydrogen-bond donors (Lipinski definition) is 1. The summed E-state index contributed by atoms with van der Waals surface area (Å²) in [7, 11) is -3.79. The summed E-state index contributed by atoms with van der Waals surface area (Å²) in [6.45, 7) is 24.4. The summed E-state index contributed by atoms with van der Waals surface area (Å²) in [5, 5.41) is 9.01. The lowest BCUT2D eigenvalue weighted by atomic mass is 9.73. The van der Waals surface area contributed by atoms with E-state index in [1.807, 2.05) is 57.2 Å². The molecular weight excluding hydrogens is 745 g/mol. The second-order valence-corrected chi connectivity index (χ2v) is 26.9. The summed E-state index contributed by atoms with van der Waals surface area (Å²) in [4.78, 5) is 49.7. The maximum Gasteiger partial charge on any atom is 0.324 e. The van der Waals surface area contributed by atoms with E-state index in [2.05, 4.69) is 53.9 Å². The van der Waals surface area contributed by atoms with Crippen LogP contribution in [0.5, 0.6) is 11.5 Å². The van der Waals surface area contributed by atoms with Gasteiger partial charge < -0.3 is 28.2 Å². The van der Waals surface area contributed by atoms with Gasteiger partial charge in [0.05, 0.1) is 5.41 Å². The van der Waals surface area contributed by atoms with Crippen LogP contribution in [0.3, 0.4) is 0 Å². The number of carbonyl (C=O) groups is 4. The zero-order valence-electron chi connectivity index (χ0n) is 35.7. The predicted molar refractivity (Wildman–Crippen MR) is 221 cm³/mol. The fourth-order valence-electron chi connectivity index (χ4n) is 8.50. The summed E-state index contributed by atoms with van der Waals surface area (Å²) < 4.78 is 28.8. The smallest absolute Gasteiger partial charge is 0.324 e. The molecule has 56 heavy (non-hydrogen) atoms. The molecule has 1 N–H and O–H groups in total. The third-order valence-electron chi connectivity index (χ3n) is 12.3. The summed E-state index contributed by atoms with van der Waals surface area (Å²) in [5.74, 6) is 0.313. The topological polar surface area (TPSA) is 135 Å². The molecule has 12 heteroatoms. The van der Waals surface area contributed by atoms with Gasteiger partial charge in [0, 0.05) is 30.8 Å².